The Labute approximate surface area is 112 Å². The van der Waals surface area contributed by atoms with Crippen LogP contribution in [0, 0.1) is 11.3 Å². The van der Waals surface area contributed by atoms with Gasteiger partial charge in [0.2, 0.25) is 0 Å². The van der Waals surface area contributed by atoms with Crippen molar-refractivity contribution in [3.8, 4) is 6.07 Å². The van der Waals surface area contributed by atoms with Crippen molar-refractivity contribution in [1.82, 2.24) is 10.3 Å². The molecule has 3 rings (SSSR count). The van der Waals surface area contributed by atoms with Crippen LogP contribution < -0.4 is 10.6 Å². The maximum absolute atomic E-state index is 9.15. The largest absolute Gasteiger partial charge is 0.367 e. The molecule has 0 radical (unpaired) electrons. The van der Waals surface area contributed by atoms with Gasteiger partial charge in [-0.3, -0.25) is 0 Å². The fourth-order valence-corrected chi connectivity index (χ4v) is 2.58. The Hall–Kier alpha value is -2.12. The topological polar surface area (TPSA) is 60.7 Å². The van der Waals surface area contributed by atoms with E-state index in [1.165, 1.54) is 0 Å². The molecule has 2 aromatic rings. The van der Waals surface area contributed by atoms with E-state index in [1.54, 1.807) is 6.20 Å². The molecule has 0 bridgehead atoms. The Morgan fingerprint density at radius 3 is 2.84 bits per heavy atom. The van der Waals surface area contributed by atoms with E-state index in [0.717, 1.165) is 42.5 Å². The molecule has 1 aromatic heterocycles. The minimum atomic E-state index is 0.463. The highest BCUT2D eigenvalue weighted by Gasteiger charge is 2.14. The predicted molar refractivity (Wildman–Crippen MR) is 76.0 cm³/mol. The van der Waals surface area contributed by atoms with Crippen molar-refractivity contribution < 1.29 is 0 Å². The molecular weight excluding hydrogens is 236 g/mol. The zero-order valence-corrected chi connectivity index (χ0v) is 10.7. The summed E-state index contributed by atoms with van der Waals surface area (Å²) in [5, 5.41) is 18.0. The fraction of sp³-hybridized carbons (Fsp3) is 0.333. The number of nitrogens with zero attached hydrogens (tertiary/aromatic N) is 2. The van der Waals surface area contributed by atoms with Gasteiger partial charge in [-0.25, -0.2) is 4.98 Å². The number of rotatable bonds is 2. The summed E-state index contributed by atoms with van der Waals surface area (Å²) in [7, 11) is 0. The van der Waals surface area contributed by atoms with E-state index in [4.69, 9.17) is 5.26 Å². The Morgan fingerprint density at radius 1 is 1.21 bits per heavy atom. The van der Waals surface area contributed by atoms with Gasteiger partial charge in [0.05, 0.1) is 11.6 Å². The summed E-state index contributed by atoms with van der Waals surface area (Å²) in [5.74, 6) is 0.890. The molecule has 1 fully saturated rings. The average molecular weight is 252 g/mol. The van der Waals surface area contributed by atoms with Crippen LogP contribution in [-0.4, -0.2) is 24.1 Å². The van der Waals surface area contributed by atoms with E-state index < -0.39 is 0 Å². The number of aromatic nitrogens is 1. The Bertz CT molecular complexity index is 624. The Morgan fingerprint density at radius 2 is 2.05 bits per heavy atom. The molecule has 1 aliphatic rings. The number of piperidine rings is 1. The number of hydrogen-bond acceptors (Lipinski definition) is 4. The second-order valence-corrected chi connectivity index (χ2v) is 4.84. The van der Waals surface area contributed by atoms with Crippen LogP contribution in [0.15, 0.2) is 30.5 Å². The Balaban J connectivity index is 1.97. The summed E-state index contributed by atoms with van der Waals surface area (Å²) in [6.45, 7) is 2.09. The molecule has 0 atom stereocenters. The predicted octanol–water partition coefficient (Wildman–Crippen LogP) is 2.27. The van der Waals surface area contributed by atoms with E-state index in [-0.39, 0.29) is 0 Å². The first-order valence-electron chi connectivity index (χ1n) is 6.63. The van der Waals surface area contributed by atoms with Gasteiger partial charge < -0.3 is 10.6 Å². The van der Waals surface area contributed by atoms with Gasteiger partial charge in [0.15, 0.2) is 0 Å². The molecule has 0 amide bonds. The molecule has 1 aliphatic heterocycles. The summed E-state index contributed by atoms with van der Waals surface area (Å²) < 4.78 is 0. The first-order valence-corrected chi connectivity index (χ1v) is 6.63. The van der Waals surface area contributed by atoms with Crippen LogP contribution in [0.2, 0.25) is 0 Å². The summed E-state index contributed by atoms with van der Waals surface area (Å²) in [4.78, 5) is 4.44. The Kier molecular flexibility index (Phi) is 3.30. The van der Waals surface area contributed by atoms with Crippen LogP contribution in [0.3, 0.4) is 0 Å². The molecule has 96 valence electrons. The van der Waals surface area contributed by atoms with Crippen LogP contribution in [0.25, 0.3) is 10.8 Å². The third-order valence-electron chi connectivity index (χ3n) is 3.61. The maximum Gasteiger partial charge on any atom is 0.134 e. The van der Waals surface area contributed by atoms with Crippen molar-refractivity contribution >= 4 is 16.6 Å². The number of fused-ring (bicyclic) bond motifs is 1. The van der Waals surface area contributed by atoms with Gasteiger partial charge in [-0.2, -0.15) is 5.26 Å². The fourth-order valence-electron chi connectivity index (χ4n) is 2.58. The van der Waals surface area contributed by atoms with Gasteiger partial charge in [0, 0.05) is 23.0 Å². The summed E-state index contributed by atoms with van der Waals surface area (Å²) in [6.07, 6.45) is 3.98. The van der Waals surface area contributed by atoms with Crippen LogP contribution in [-0.2, 0) is 0 Å². The lowest BCUT2D eigenvalue weighted by atomic mass is 10.0. The van der Waals surface area contributed by atoms with Gasteiger partial charge in [-0.1, -0.05) is 12.1 Å². The molecule has 0 unspecified atom stereocenters. The van der Waals surface area contributed by atoms with Crippen molar-refractivity contribution in [1.29, 1.82) is 5.26 Å². The van der Waals surface area contributed by atoms with Crippen molar-refractivity contribution in [3.63, 3.8) is 0 Å². The monoisotopic (exact) mass is 252 g/mol. The van der Waals surface area contributed by atoms with Crippen molar-refractivity contribution in [3.05, 3.63) is 36.0 Å². The molecule has 4 heteroatoms. The molecule has 2 heterocycles. The van der Waals surface area contributed by atoms with Crippen LogP contribution >= 0.6 is 0 Å². The standard InChI is InChI=1S/C15H16N4/c16-10-11-2-1-3-14-13(11)6-9-18-15(14)19-12-4-7-17-8-5-12/h1-3,6,9,12,17H,4-5,7-8H2,(H,18,19). The van der Waals surface area contributed by atoms with E-state index >= 15 is 0 Å². The quantitative estimate of drug-likeness (QED) is 0.860. The van der Waals surface area contributed by atoms with Gasteiger partial charge in [-0.15, -0.1) is 0 Å². The summed E-state index contributed by atoms with van der Waals surface area (Å²) >= 11 is 0. The third-order valence-corrected chi connectivity index (χ3v) is 3.61. The molecule has 0 spiro atoms. The van der Waals surface area contributed by atoms with Gasteiger partial charge >= 0.3 is 0 Å². The lowest BCUT2D eigenvalue weighted by Gasteiger charge is -2.24. The number of nitrogens with one attached hydrogen (secondary N) is 2. The number of nitriles is 1. The molecule has 19 heavy (non-hydrogen) atoms. The smallest absolute Gasteiger partial charge is 0.134 e. The zero-order valence-electron chi connectivity index (χ0n) is 10.7. The molecule has 1 aromatic carbocycles. The van der Waals surface area contributed by atoms with Gasteiger partial charge in [-0.05, 0) is 38.1 Å². The molecule has 4 nitrogen and oxygen atoms in total. The van der Waals surface area contributed by atoms with E-state index in [1.807, 2.05) is 24.3 Å². The highest BCUT2D eigenvalue weighted by molar-refractivity contribution is 5.95. The average Bonchev–Trinajstić information content (AvgIpc) is 2.48. The van der Waals surface area contributed by atoms with Crippen molar-refractivity contribution in [2.75, 3.05) is 18.4 Å². The number of pyridine rings is 1. The van der Waals surface area contributed by atoms with Gasteiger partial charge in [0.25, 0.3) is 0 Å². The maximum atomic E-state index is 9.15. The lowest BCUT2D eigenvalue weighted by Crippen LogP contribution is -2.35. The van der Waals surface area contributed by atoms with E-state index in [0.29, 0.717) is 11.6 Å². The number of benzene rings is 1. The molecule has 1 saturated heterocycles. The van der Waals surface area contributed by atoms with Gasteiger partial charge in [0.1, 0.15) is 5.82 Å². The van der Waals surface area contributed by atoms with Crippen LogP contribution in [0.4, 0.5) is 5.82 Å². The second-order valence-electron chi connectivity index (χ2n) is 4.84. The first kappa shape index (κ1) is 11.9. The molecule has 0 saturated carbocycles. The van der Waals surface area contributed by atoms with Crippen LogP contribution in [0.5, 0.6) is 0 Å². The summed E-state index contributed by atoms with van der Waals surface area (Å²) in [5.41, 5.74) is 0.702. The molecule has 2 N–H and O–H groups in total. The normalized spacial score (nSPS) is 16.2. The minimum absolute atomic E-state index is 0.463. The SMILES string of the molecule is N#Cc1cccc2c(NC3CCNCC3)nccc12. The minimum Gasteiger partial charge on any atom is -0.367 e. The highest BCUT2D eigenvalue weighted by atomic mass is 15.0. The first-order chi connectivity index (χ1) is 9.38. The van der Waals surface area contributed by atoms with E-state index in [9.17, 15) is 0 Å². The lowest BCUT2D eigenvalue weighted by molar-refractivity contribution is 0.478. The van der Waals surface area contributed by atoms with Crippen LogP contribution in [0.1, 0.15) is 18.4 Å². The highest BCUT2D eigenvalue weighted by Crippen LogP contribution is 2.25. The van der Waals surface area contributed by atoms with Crippen molar-refractivity contribution in [2.45, 2.75) is 18.9 Å². The van der Waals surface area contributed by atoms with Crippen molar-refractivity contribution in [2.24, 2.45) is 0 Å². The molecule has 0 aliphatic carbocycles. The van der Waals surface area contributed by atoms with E-state index in [2.05, 4.69) is 21.7 Å². The summed E-state index contributed by atoms with van der Waals surface area (Å²) in [6, 6.07) is 10.4. The number of anilines is 1. The second kappa shape index (κ2) is 5.25. The molecular formula is C15H16N4. The third kappa shape index (κ3) is 2.38. The zero-order chi connectivity index (χ0) is 13.1. The number of hydrogen-bond donors (Lipinski definition) is 2.